The third-order valence-corrected chi connectivity index (χ3v) is 8.61. The number of nitrogens with zero attached hydrogens (tertiary/aromatic N) is 1. The van der Waals surface area contributed by atoms with E-state index in [1.807, 2.05) is 23.8 Å². The topological polar surface area (TPSA) is 59.4 Å². The van der Waals surface area contributed by atoms with Crippen molar-refractivity contribution in [1.29, 1.82) is 0 Å². The maximum absolute atomic E-state index is 11.4. The molecule has 1 aromatic heterocycles. The van der Waals surface area contributed by atoms with Gasteiger partial charge in [-0.05, 0) is 77.3 Å². The van der Waals surface area contributed by atoms with Gasteiger partial charge < -0.3 is 9.84 Å². The predicted molar refractivity (Wildman–Crippen MR) is 154 cm³/mol. The molecule has 0 bridgehead atoms. The van der Waals surface area contributed by atoms with Crippen LogP contribution in [-0.2, 0) is 11.3 Å². The minimum atomic E-state index is -0.915. The Balaban J connectivity index is 1.39. The third-order valence-electron chi connectivity index (χ3n) is 7.74. The Bertz CT molecular complexity index is 1340. The summed E-state index contributed by atoms with van der Waals surface area (Å²) in [5.74, 6) is -0.0932. The summed E-state index contributed by atoms with van der Waals surface area (Å²) in [6, 6.07) is 22.0. The van der Waals surface area contributed by atoms with E-state index in [2.05, 4.69) is 54.4 Å². The first-order chi connectivity index (χ1) is 18.6. The van der Waals surface area contributed by atoms with Gasteiger partial charge in [-0.15, -0.1) is 11.3 Å². The molecule has 5 rings (SSSR count). The van der Waals surface area contributed by atoms with Gasteiger partial charge in [-0.3, -0.25) is 4.98 Å². The molecule has 1 atom stereocenters. The minimum absolute atomic E-state index is 0.0644. The van der Waals surface area contributed by atoms with Gasteiger partial charge in [-0.2, -0.15) is 0 Å². The van der Waals surface area contributed by atoms with E-state index >= 15 is 0 Å². The van der Waals surface area contributed by atoms with Crippen molar-refractivity contribution in [2.24, 2.45) is 5.92 Å². The zero-order valence-corrected chi connectivity index (χ0v) is 22.8. The number of hydrogen-bond acceptors (Lipinski definition) is 4. The quantitative estimate of drug-likeness (QED) is 0.224. The molecule has 1 heterocycles. The Morgan fingerprint density at radius 2 is 1.79 bits per heavy atom. The average Bonchev–Trinajstić information content (AvgIpc) is 3.49. The van der Waals surface area contributed by atoms with E-state index < -0.39 is 5.97 Å². The van der Waals surface area contributed by atoms with Gasteiger partial charge in [-0.25, -0.2) is 4.79 Å². The Morgan fingerprint density at radius 3 is 2.50 bits per heavy atom. The van der Waals surface area contributed by atoms with Crippen molar-refractivity contribution in [3.63, 3.8) is 0 Å². The van der Waals surface area contributed by atoms with Crippen LogP contribution in [0.5, 0.6) is 0 Å². The second-order valence-electron chi connectivity index (χ2n) is 10.4. The highest BCUT2D eigenvalue weighted by molar-refractivity contribution is 7.09. The van der Waals surface area contributed by atoms with Crippen molar-refractivity contribution in [2.75, 3.05) is 0 Å². The molecule has 0 spiro atoms. The number of carbonyl (C=O) groups is 1. The fourth-order valence-electron chi connectivity index (χ4n) is 5.58. The molecule has 38 heavy (non-hydrogen) atoms. The Kier molecular flexibility index (Phi) is 8.67. The Labute approximate surface area is 229 Å². The highest BCUT2D eigenvalue weighted by Gasteiger charge is 2.20. The summed E-state index contributed by atoms with van der Waals surface area (Å²) in [6.07, 6.45) is 11.1. The largest absolute Gasteiger partial charge is 0.478 e. The summed E-state index contributed by atoms with van der Waals surface area (Å²) >= 11 is 1.68. The van der Waals surface area contributed by atoms with Crippen molar-refractivity contribution in [3.8, 4) is 22.3 Å². The van der Waals surface area contributed by atoms with E-state index in [0.29, 0.717) is 12.2 Å². The SMILES string of the molecule is Cc1ccccc1-c1cc(COC(CCC2CCCCC2)c2cncs2)ccc1-c1ccc(C(=O)O)cc1. The van der Waals surface area contributed by atoms with Crippen LogP contribution in [0.25, 0.3) is 22.3 Å². The lowest BCUT2D eigenvalue weighted by molar-refractivity contribution is 0.0306. The summed E-state index contributed by atoms with van der Waals surface area (Å²) in [5.41, 5.74) is 8.88. The van der Waals surface area contributed by atoms with E-state index in [0.717, 1.165) is 34.6 Å². The second kappa shape index (κ2) is 12.5. The Morgan fingerprint density at radius 1 is 1.00 bits per heavy atom. The molecule has 1 fully saturated rings. The van der Waals surface area contributed by atoms with Crippen molar-refractivity contribution >= 4 is 17.3 Å². The van der Waals surface area contributed by atoms with Crippen molar-refractivity contribution < 1.29 is 14.6 Å². The highest BCUT2D eigenvalue weighted by Crippen LogP contribution is 2.37. The van der Waals surface area contributed by atoms with Crippen molar-refractivity contribution in [3.05, 3.63) is 100 Å². The first kappa shape index (κ1) is 26.3. The number of rotatable bonds is 10. The Hall–Kier alpha value is -3.28. The lowest BCUT2D eigenvalue weighted by Gasteiger charge is -2.24. The smallest absolute Gasteiger partial charge is 0.335 e. The number of thiazole rings is 1. The monoisotopic (exact) mass is 525 g/mol. The number of carboxylic acids is 1. The zero-order valence-electron chi connectivity index (χ0n) is 21.9. The maximum Gasteiger partial charge on any atom is 0.335 e. The average molecular weight is 526 g/mol. The standard InChI is InChI=1S/C33H35NO3S/c1-23-7-5-6-10-28(23)30-19-25(11-17-29(30)26-13-15-27(16-14-26)33(35)36)21-37-31(32-20-34-22-38-32)18-12-24-8-3-2-4-9-24/h5-7,10-11,13-17,19-20,22,24,31H,2-4,8-9,12,18,21H2,1H3,(H,35,36). The number of ether oxygens (including phenoxy) is 1. The predicted octanol–water partition coefficient (Wildman–Crippen LogP) is 9.10. The van der Waals surface area contributed by atoms with Crippen LogP contribution in [0.1, 0.15) is 77.4 Å². The van der Waals surface area contributed by atoms with E-state index in [1.165, 1.54) is 54.5 Å². The highest BCUT2D eigenvalue weighted by atomic mass is 32.1. The van der Waals surface area contributed by atoms with E-state index in [4.69, 9.17) is 4.74 Å². The molecule has 1 saturated carbocycles. The molecule has 1 aliphatic carbocycles. The number of hydrogen-bond donors (Lipinski definition) is 1. The van der Waals surface area contributed by atoms with E-state index in [9.17, 15) is 9.90 Å². The molecule has 1 aliphatic rings. The molecule has 1 unspecified atom stereocenters. The van der Waals surface area contributed by atoms with E-state index in [1.54, 1.807) is 23.5 Å². The molecule has 4 aromatic rings. The normalized spacial score (nSPS) is 14.9. The number of aromatic carboxylic acids is 1. The summed E-state index contributed by atoms with van der Waals surface area (Å²) in [4.78, 5) is 16.9. The van der Waals surface area contributed by atoms with Crippen LogP contribution in [-0.4, -0.2) is 16.1 Å². The summed E-state index contributed by atoms with van der Waals surface area (Å²) in [7, 11) is 0. The lowest BCUT2D eigenvalue weighted by atomic mass is 9.85. The van der Waals surface area contributed by atoms with Crippen LogP contribution in [0.4, 0.5) is 0 Å². The van der Waals surface area contributed by atoms with Crippen LogP contribution in [0.15, 0.2) is 78.4 Å². The van der Waals surface area contributed by atoms with Gasteiger partial charge in [0.15, 0.2) is 0 Å². The molecule has 1 N–H and O–H groups in total. The molecule has 3 aromatic carbocycles. The minimum Gasteiger partial charge on any atom is -0.478 e. The van der Waals surface area contributed by atoms with Gasteiger partial charge in [0.05, 0.1) is 28.7 Å². The van der Waals surface area contributed by atoms with Gasteiger partial charge in [0.25, 0.3) is 0 Å². The lowest BCUT2D eigenvalue weighted by Crippen LogP contribution is -2.10. The fraction of sp³-hybridized carbons (Fsp3) is 0.333. The molecular weight excluding hydrogens is 490 g/mol. The molecule has 196 valence electrons. The van der Waals surface area contributed by atoms with Crippen LogP contribution < -0.4 is 0 Å². The van der Waals surface area contributed by atoms with Gasteiger partial charge >= 0.3 is 5.97 Å². The van der Waals surface area contributed by atoms with Gasteiger partial charge in [0, 0.05) is 6.20 Å². The van der Waals surface area contributed by atoms with Crippen LogP contribution in [0, 0.1) is 12.8 Å². The van der Waals surface area contributed by atoms with Crippen LogP contribution >= 0.6 is 11.3 Å². The number of aromatic nitrogens is 1. The molecule has 0 saturated heterocycles. The van der Waals surface area contributed by atoms with Crippen molar-refractivity contribution in [2.45, 2.75) is 64.6 Å². The third kappa shape index (κ3) is 6.40. The molecule has 0 aliphatic heterocycles. The number of aryl methyl sites for hydroxylation is 1. The number of benzene rings is 3. The van der Waals surface area contributed by atoms with Gasteiger partial charge in [0.1, 0.15) is 0 Å². The maximum atomic E-state index is 11.4. The molecule has 5 heteroatoms. The fourth-order valence-corrected chi connectivity index (χ4v) is 6.28. The van der Waals surface area contributed by atoms with Crippen LogP contribution in [0.2, 0.25) is 0 Å². The van der Waals surface area contributed by atoms with Gasteiger partial charge in [0.2, 0.25) is 0 Å². The van der Waals surface area contributed by atoms with E-state index in [-0.39, 0.29) is 6.10 Å². The first-order valence-corrected chi connectivity index (χ1v) is 14.5. The molecule has 0 amide bonds. The van der Waals surface area contributed by atoms with Gasteiger partial charge in [-0.1, -0.05) is 80.6 Å². The summed E-state index contributed by atoms with van der Waals surface area (Å²) < 4.78 is 6.58. The van der Waals surface area contributed by atoms with Crippen molar-refractivity contribution in [1.82, 2.24) is 4.98 Å². The first-order valence-electron chi connectivity index (χ1n) is 13.6. The summed E-state index contributed by atoms with van der Waals surface area (Å²) in [5, 5.41) is 9.32. The molecular formula is C33H35NO3S. The number of carboxylic acid groups (broad SMARTS) is 1. The zero-order chi connectivity index (χ0) is 26.3. The van der Waals surface area contributed by atoms with Crippen LogP contribution in [0.3, 0.4) is 0 Å². The second-order valence-corrected chi connectivity index (χ2v) is 11.3. The molecule has 4 nitrogen and oxygen atoms in total. The molecule has 0 radical (unpaired) electrons. The summed E-state index contributed by atoms with van der Waals surface area (Å²) in [6.45, 7) is 2.66.